The molecule has 0 fully saturated rings. The molecule has 0 aromatic rings. The van der Waals surface area contributed by atoms with Gasteiger partial charge in [0.1, 0.15) is 0 Å². The third kappa shape index (κ3) is 9.09. The highest BCUT2D eigenvalue weighted by molar-refractivity contribution is 9.25. The molecule has 0 aromatic heterocycles. The molecular formula is C15H26Br7O4P. The summed E-state index contributed by atoms with van der Waals surface area (Å²) in [5, 5.41) is 1.81. The third-order valence-electron chi connectivity index (χ3n) is 3.67. The molecule has 0 N–H and O–H groups in total. The topological polar surface area (TPSA) is 44.8 Å². The van der Waals surface area contributed by atoms with Crippen LogP contribution in [0.1, 0.15) is 41.5 Å². The minimum absolute atomic E-state index is 0.172. The van der Waals surface area contributed by atoms with Crippen molar-refractivity contribution in [3.8, 4) is 0 Å². The second-order valence-corrected chi connectivity index (χ2v) is 18.1. The van der Waals surface area contributed by atoms with Gasteiger partial charge >= 0.3 is 7.82 Å². The maximum absolute atomic E-state index is 13.7. The van der Waals surface area contributed by atoms with Crippen LogP contribution in [-0.2, 0) is 18.1 Å². The minimum atomic E-state index is -4.04. The fourth-order valence-corrected chi connectivity index (χ4v) is 7.90. The summed E-state index contributed by atoms with van der Waals surface area (Å²) in [6, 6.07) is 0. The van der Waals surface area contributed by atoms with Gasteiger partial charge in [0.25, 0.3) is 0 Å². The zero-order chi connectivity index (χ0) is 21.9. The highest BCUT2D eigenvalue weighted by Crippen LogP contribution is 2.66. The zero-order valence-corrected chi connectivity index (χ0v) is 28.1. The molecule has 0 heterocycles. The van der Waals surface area contributed by atoms with Gasteiger partial charge < -0.3 is 0 Å². The molecule has 0 spiro atoms. The Hall–Kier alpha value is 3.47. The lowest BCUT2D eigenvalue weighted by Gasteiger charge is -2.42. The van der Waals surface area contributed by atoms with Gasteiger partial charge in [0, 0.05) is 26.8 Å². The molecular weight excluding hydrogens is 834 g/mol. The molecule has 0 amide bonds. The smallest absolute Gasteiger partial charge is 0.286 e. The Bertz CT molecular complexity index is 504. The van der Waals surface area contributed by atoms with Gasteiger partial charge in [-0.15, -0.1) is 0 Å². The van der Waals surface area contributed by atoms with Crippen molar-refractivity contribution in [3.05, 3.63) is 0 Å². The Labute approximate surface area is 222 Å². The molecule has 0 rings (SSSR count). The predicted molar refractivity (Wildman–Crippen MR) is 140 cm³/mol. The first-order valence-electron chi connectivity index (χ1n) is 7.90. The maximum atomic E-state index is 13.7. The van der Waals surface area contributed by atoms with Crippen LogP contribution in [0.3, 0.4) is 0 Å². The number of phosphoric ester groups is 1. The highest BCUT2D eigenvalue weighted by atomic mass is 79.9. The standard InChI is InChI=1S/C15H26Br7O4P/c1-11(2,7-16)10-24-27(23,25-14(19,20)12(3,4)8-17)26-15(21,22)13(5,6)9-18/h7-10H2,1-6H3. The van der Waals surface area contributed by atoms with E-state index < -0.39 is 25.5 Å². The number of halogens is 7. The molecule has 0 aliphatic carbocycles. The molecule has 4 nitrogen and oxygen atoms in total. The second-order valence-electron chi connectivity index (χ2n) is 8.27. The van der Waals surface area contributed by atoms with Gasteiger partial charge in [-0.1, -0.05) is 89.3 Å². The summed E-state index contributed by atoms with van der Waals surface area (Å²) in [4.78, 5) is 0. The molecule has 27 heavy (non-hydrogen) atoms. The van der Waals surface area contributed by atoms with Gasteiger partial charge in [-0.3, -0.25) is 13.6 Å². The normalized spacial score (nSPS) is 15.3. The monoisotopic (exact) mass is 854 g/mol. The van der Waals surface area contributed by atoms with E-state index in [0.717, 1.165) is 0 Å². The van der Waals surface area contributed by atoms with Crippen LogP contribution in [-0.4, -0.2) is 29.4 Å². The fourth-order valence-electron chi connectivity index (χ4n) is 1.05. The highest BCUT2D eigenvalue weighted by Gasteiger charge is 2.53. The molecule has 0 atom stereocenters. The lowest BCUT2D eigenvalue weighted by molar-refractivity contribution is 0.0222. The maximum Gasteiger partial charge on any atom is 0.479 e. The average molecular weight is 861 g/mol. The van der Waals surface area contributed by atoms with Crippen molar-refractivity contribution in [1.29, 1.82) is 0 Å². The Kier molecular flexibility index (Phi) is 12.5. The number of hydrogen-bond acceptors (Lipinski definition) is 4. The number of rotatable bonds is 12. The van der Waals surface area contributed by atoms with Crippen molar-refractivity contribution in [2.24, 2.45) is 16.2 Å². The van der Waals surface area contributed by atoms with Crippen molar-refractivity contribution >= 4 is 119 Å². The van der Waals surface area contributed by atoms with Gasteiger partial charge in [0.05, 0.1) is 6.61 Å². The first-order valence-corrected chi connectivity index (χ1v) is 15.9. The van der Waals surface area contributed by atoms with E-state index >= 15 is 0 Å². The molecule has 0 saturated heterocycles. The van der Waals surface area contributed by atoms with Gasteiger partial charge in [-0.2, -0.15) is 0 Å². The Morgan fingerprint density at radius 1 is 0.704 bits per heavy atom. The Morgan fingerprint density at radius 2 is 1.04 bits per heavy atom. The van der Waals surface area contributed by atoms with Crippen molar-refractivity contribution in [1.82, 2.24) is 0 Å². The van der Waals surface area contributed by atoms with Crippen LogP contribution in [0.15, 0.2) is 0 Å². The van der Waals surface area contributed by atoms with Crippen LogP contribution in [0.5, 0.6) is 0 Å². The van der Waals surface area contributed by atoms with Crippen LogP contribution >= 0.6 is 119 Å². The van der Waals surface area contributed by atoms with Crippen molar-refractivity contribution in [2.75, 3.05) is 22.6 Å². The van der Waals surface area contributed by atoms with Crippen LogP contribution in [0, 0.1) is 16.2 Å². The van der Waals surface area contributed by atoms with Crippen LogP contribution in [0.4, 0.5) is 0 Å². The van der Waals surface area contributed by atoms with Gasteiger partial charge in [-0.25, -0.2) is 4.57 Å². The van der Waals surface area contributed by atoms with E-state index in [1.54, 1.807) is 0 Å². The first kappa shape index (κ1) is 30.5. The van der Waals surface area contributed by atoms with Crippen LogP contribution < -0.4 is 0 Å². The zero-order valence-electron chi connectivity index (χ0n) is 16.1. The van der Waals surface area contributed by atoms with E-state index in [0.29, 0.717) is 16.0 Å². The fraction of sp³-hybridized carbons (Fsp3) is 1.00. The second kappa shape index (κ2) is 11.1. The Morgan fingerprint density at radius 3 is 1.30 bits per heavy atom. The van der Waals surface area contributed by atoms with E-state index in [4.69, 9.17) is 13.6 Å². The molecule has 0 radical (unpaired) electrons. The summed E-state index contributed by atoms with van der Waals surface area (Å²) < 4.78 is 29.0. The molecule has 0 aromatic carbocycles. The third-order valence-corrected chi connectivity index (χ3v) is 15.4. The van der Waals surface area contributed by atoms with Gasteiger partial charge in [0.15, 0.2) is 6.84 Å². The molecule has 0 unspecified atom stereocenters. The largest absolute Gasteiger partial charge is 0.479 e. The molecule has 0 bridgehead atoms. The summed E-state index contributed by atoms with van der Waals surface area (Å²) >= 11 is 24.3. The summed E-state index contributed by atoms with van der Waals surface area (Å²) in [6.07, 6.45) is 0. The number of hydrogen-bond donors (Lipinski definition) is 0. The number of alkyl halides is 7. The SMILES string of the molecule is CC(C)(CBr)COP(=O)(OC(Br)(Br)C(C)(C)CBr)OC(Br)(Br)C(C)(C)CBr. The first-order chi connectivity index (χ1) is 11.8. The summed E-state index contributed by atoms with van der Waals surface area (Å²) in [5.41, 5.74) is -1.22. The molecule has 0 aliphatic rings. The average Bonchev–Trinajstić information content (AvgIpc) is 2.51. The lowest BCUT2D eigenvalue weighted by atomic mass is 9.98. The van der Waals surface area contributed by atoms with Gasteiger partial charge in [-0.05, 0) is 69.1 Å². The van der Waals surface area contributed by atoms with Crippen molar-refractivity contribution in [3.63, 3.8) is 0 Å². The van der Waals surface area contributed by atoms with E-state index in [1.807, 2.05) is 41.5 Å². The summed E-state index contributed by atoms with van der Waals surface area (Å²) in [6.45, 7) is 11.9. The van der Waals surface area contributed by atoms with Crippen LogP contribution in [0.2, 0.25) is 0 Å². The molecule has 0 aliphatic heterocycles. The van der Waals surface area contributed by atoms with E-state index in [-0.39, 0.29) is 12.0 Å². The molecule has 0 saturated carbocycles. The number of phosphoric acid groups is 1. The molecule has 164 valence electrons. The van der Waals surface area contributed by atoms with E-state index in [1.165, 1.54) is 0 Å². The van der Waals surface area contributed by atoms with Crippen LogP contribution in [0.25, 0.3) is 0 Å². The Balaban J connectivity index is 5.87. The van der Waals surface area contributed by atoms with Crippen molar-refractivity contribution in [2.45, 2.75) is 48.4 Å². The summed E-state index contributed by atoms with van der Waals surface area (Å²) in [5.74, 6) is 0. The molecule has 12 heteroatoms. The van der Waals surface area contributed by atoms with Crippen molar-refractivity contribution < 1.29 is 18.1 Å². The predicted octanol–water partition coefficient (Wildman–Crippen LogP) is 9.29. The minimum Gasteiger partial charge on any atom is -0.286 e. The quantitative estimate of drug-likeness (QED) is 0.145. The van der Waals surface area contributed by atoms with E-state index in [2.05, 4.69) is 112 Å². The summed E-state index contributed by atoms with van der Waals surface area (Å²) in [7, 11) is -4.04. The van der Waals surface area contributed by atoms with E-state index in [9.17, 15) is 4.57 Å². The van der Waals surface area contributed by atoms with Gasteiger partial charge in [0.2, 0.25) is 0 Å². The lowest BCUT2D eigenvalue weighted by Crippen LogP contribution is -2.40.